The smallest absolute Gasteiger partial charge is 0.224 e. The summed E-state index contributed by atoms with van der Waals surface area (Å²) in [7, 11) is 1.79. The Balaban J connectivity index is 1.73. The van der Waals surface area contributed by atoms with E-state index in [0.717, 1.165) is 31.4 Å². The van der Waals surface area contributed by atoms with Gasteiger partial charge in [-0.2, -0.15) is 0 Å². The molecule has 0 aromatic heterocycles. The average Bonchev–Trinajstić information content (AvgIpc) is 2.85. The van der Waals surface area contributed by atoms with Gasteiger partial charge in [-0.05, 0) is 31.0 Å². The summed E-state index contributed by atoms with van der Waals surface area (Å²) < 4.78 is 5.59. The lowest BCUT2D eigenvalue weighted by molar-refractivity contribution is -0.131. The summed E-state index contributed by atoms with van der Waals surface area (Å²) in [6.07, 6.45) is 4.59. The number of carbonyl (C=O) groups is 1. The highest BCUT2D eigenvalue weighted by Crippen LogP contribution is 2.30. The Morgan fingerprint density at radius 2 is 2.14 bits per heavy atom. The predicted octanol–water partition coefficient (Wildman–Crippen LogP) is 2.84. The molecular weight excluding hydrogens is 288 g/mol. The summed E-state index contributed by atoms with van der Waals surface area (Å²) in [5.41, 5.74) is 5.95. The standard InChI is InChI=1S/C16H23ClN2O2/c1-19(15(20)12-16(18)7-2-3-8-16)9-10-21-14-6-4-5-13(17)11-14/h4-6,11H,2-3,7-10,12,18H2,1H3. The highest BCUT2D eigenvalue weighted by molar-refractivity contribution is 6.30. The Morgan fingerprint density at radius 3 is 2.81 bits per heavy atom. The van der Waals surface area contributed by atoms with Crippen molar-refractivity contribution in [3.63, 3.8) is 0 Å². The second-order valence-corrected chi connectivity index (χ2v) is 6.30. The fourth-order valence-electron chi connectivity index (χ4n) is 2.67. The molecule has 0 radical (unpaired) electrons. The number of rotatable bonds is 6. The van der Waals surface area contributed by atoms with E-state index in [9.17, 15) is 4.79 Å². The summed E-state index contributed by atoms with van der Waals surface area (Å²) in [5, 5.41) is 0.642. The lowest BCUT2D eigenvalue weighted by Gasteiger charge is -2.26. The van der Waals surface area contributed by atoms with Crippen LogP contribution in [-0.2, 0) is 4.79 Å². The SMILES string of the molecule is CN(CCOc1cccc(Cl)c1)C(=O)CC1(N)CCCC1. The topological polar surface area (TPSA) is 55.6 Å². The number of carbonyl (C=O) groups excluding carboxylic acids is 1. The lowest BCUT2D eigenvalue weighted by Crippen LogP contribution is -2.43. The zero-order valence-electron chi connectivity index (χ0n) is 12.5. The van der Waals surface area contributed by atoms with Crippen LogP contribution in [0.4, 0.5) is 0 Å². The van der Waals surface area contributed by atoms with Crippen LogP contribution in [0.5, 0.6) is 5.75 Å². The largest absolute Gasteiger partial charge is 0.492 e. The number of likely N-dealkylation sites (N-methyl/N-ethyl adjacent to an activating group) is 1. The zero-order valence-corrected chi connectivity index (χ0v) is 13.2. The highest BCUT2D eigenvalue weighted by atomic mass is 35.5. The summed E-state index contributed by atoms with van der Waals surface area (Å²) >= 11 is 5.89. The highest BCUT2D eigenvalue weighted by Gasteiger charge is 2.32. The molecule has 0 atom stereocenters. The van der Waals surface area contributed by atoms with Gasteiger partial charge in [-0.1, -0.05) is 30.5 Å². The maximum absolute atomic E-state index is 12.2. The summed E-state index contributed by atoms with van der Waals surface area (Å²) in [5.74, 6) is 0.809. The van der Waals surface area contributed by atoms with E-state index in [1.807, 2.05) is 12.1 Å². The molecule has 2 N–H and O–H groups in total. The first kappa shape index (κ1) is 16.1. The van der Waals surface area contributed by atoms with E-state index < -0.39 is 0 Å². The van der Waals surface area contributed by atoms with Gasteiger partial charge >= 0.3 is 0 Å². The number of nitrogens with zero attached hydrogens (tertiary/aromatic N) is 1. The van der Waals surface area contributed by atoms with Gasteiger partial charge in [-0.25, -0.2) is 0 Å². The average molecular weight is 311 g/mol. The van der Waals surface area contributed by atoms with Crippen LogP contribution in [0.1, 0.15) is 32.1 Å². The molecule has 1 aromatic carbocycles. The lowest BCUT2D eigenvalue weighted by atomic mass is 9.94. The number of hydrogen-bond donors (Lipinski definition) is 1. The second-order valence-electron chi connectivity index (χ2n) is 5.87. The van der Waals surface area contributed by atoms with Crippen LogP contribution < -0.4 is 10.5 Å². The molecule has 116 valence electrons. The van der Waals surface area contributed by atoms with Crippen molar-refractivity contribution in [1.82, 2.24) is 4.90 Å². The van der Waals surface area contributed by atoms with Gasteiger partial charge in [0, 0.05) is 24.0 Å². The molecular formula is C16H23ClN2O2. The molecule has 0 bridgehead atoms. The number of ether oxygens (including phenoxy) is 1. The van der Waals surface area contributed by atoms with Crippen LogP contribution in [0.2, 0.25) is 5.02 Å². The molecule has 0 unspecified atom stereocenters. The molecule has 0 heterocycles. The van der Waals surface area contributed by atoms with Gasteiger partial charge in [0.15, 0.2) is 0 Å². The molecule has 2 rings (SSSR count). The van der Waals surface area contributed by atoms with Crippen LogP contribution in [0.15, 0.2) is 24.3 Å². The fraction of sp³-hybridized carbons (Fsp3) is 0.562. The van der Waals surface area contributed by atoms with Crippen molar-refractivity contribution < 1.29 is 9.53 Å². The molecule has 0 spiro atoms. The van der Waals surface area contributed by atoms with Crippen molar-refractivity contribution in [2.24, 2.45) is 5.73 Å². The van der Waals surface area contributed by atoms with E-state index in [1.165, 1.54) is 0 Å². The first-order chi connectivity index (χ1) is 9.98. The maximum atomic E-state index is 12.2. The quantitative estimate of drug-likeness (QED) is 0.879. The van der Waals surface area contributed by atoms with Gasteiger partial charge in [-0.3, -0.25) is 4.79 Å². The van der Waals surface area contributed by atoms with Gasteiger partial charge in [0.25, 0.3) is 0 Å². The third-order valence-corrected chi connectivity index (χ3v) is 4.25. The van der Waals surface area contributed by atoms with E-state index in [2.05, 4.69) is 0 Å². The van der Waals surface area contributed by atoms with Crippen LogP contribution >= 0.6 is 11.6 Å². The number of hydrogen-bond acceptors (Lipinski definition) is 3. The van der Waals surface area contributed by atoms with Crippen molar-refractivity contribution in [3.8, 4) is 5.75 Å². The minimum absolute atomic E-state index is 0.0918. The van der Waals surface area contributed by atoms with E-state index in [0.29, 0.717) is 24.6 Å². The Bertz CT molecular complexity index is 487. The summed E-state index contributed by atoms with van der Waals surface area (Å²) in [6.45, 7) is 0.988. The number of nitrogens with two attached hydrogens (primary N) is 1. The molecule has 1 aliphatic rings. The van der Waals surface area contributed by atoms with E-state index in [-0.39, 0.29) is 11.4 Å². The van der Waals surface area contributed by atoms with Crippen LogP contribution in [0.25, 0.3) is 0 Å². The van der Waals surface area contributed by atoms with E-state index in [4.69, 9.17) is 22.1 Å². The van der Waals surface area contributed by atoms with Gasteiger partial charge in [-0.15, -0.1) is 0 Å². The minimum Gasteiger partial charge on any atom is -0.492 e. The van der Waals surface area contributed by atoms with Gasteiger partial charge in [0.2, 0.25) is 5.91 Å². The van der Waals surface area contributed by atoms with Crippen LogP contribution in [0, 0.1) is 0 Å². The minimum atomic E-state index is -0.293. The first-order valence-electron chi connectivity index (χ1n) is 7.40. The third kappa shape index (κ3) is 4.90. The normalized spacial score (nSPS) is 16.7. The molecule has 1 aliphatic carbocycles. The number of halogens is 1. The van der Waals surface area contributed by atoms with Gasteiger partial charge < -0.3 is 15.4 Å². The summed E-state index contributed by atoms with van der Waals surface area (Å²) in [6, 6.07) is 7.25. The van der Waals surface area contributed by atoms with Gasteiger partial charge in [0.1, 0.15) is 12.4 Å². The Hall–Kier alpha value is -1.26. The molecule has 1 saturated carbocycles. The Labute approximate surface area is 131 Å². The zero-order chi connectivity index (χ0) is 15.3. The van der Waals surface area contributed by atoms with E-state index >= 15 is 0 Å². The first-order valence-corrected chi connectivity index (χ1v) is 7.78. The number of benzene rings is 1. The molecule has 21 heavy (non-hydrogen) atoms. The van der Waals surface area contributed by atoms with E-state index in [1.54, 1.807) is 24.1 Å². The fourth-order valence-corrected chi connectivity index (χ4v) is 2.85. The van der Waals surface area contributed by atoms with Crippen LogP contribution in [-0.4, -0.2) is 36.5 Å². The maximum Gasteiger partial charge on any atom is 0.224 e. The van der Waals surface area contributed by atoms with Crippen molar-refractivity contribution >= 4 is 17.5 Å². The molecule has 5 heteroatoms. The van der Waals surface area contributed by atoms with Gasteiger partial charge in [0.05, 0.1) is 6.54 Å². The molecule has 4 nitrogen and oxygen atoms in total. The third-order valence-electron chi connectivity index (χ3n) is 4.02. The van der Waals surface area contributed by atoms with Crippen molar-refractivity contribution in [2.45, 2.75) is 37.6 Å². The van der Waals surface area contributed by atoms with Crippen molar-refractivity contribution in [1.29, 1.82) is 0 Å². The summed E-state index contributed by atoms with van der Waals surface area (Å²) in [4.78, 5) is 13.9. The molecule has 1 amide bonds. The monoisotopic (exact) mass is 310 g/mol. The molecule has 0 aliphatic heterocycles. The van der Waals surface area contributed by atoms with Crippen molar-refractivity contribution in [2.75, 3.05) is 20.2 Å². The Kier molecular flexibility index (Phi) is 5.48. The second kappa shape index (κ2) is 7.14. The Morgan fingerprint density at radius 1 is 1.43 bits per heavy atom. The molecule has 1 aromatic rings. The molecule has 1 fully saturated rings. The predicted molar refractivity (Wildman–Crippen MR) is 84.6 cm³/mol. The molecule has 0 saturated heterocycles. The number of amides is 1. The van der Waals surface area contributed by atoms with Crippen LogP contribution in [0.3, 0.4) is 0 Å². The van der Waals surface area contributed by atoms with Crippen molar-refractivity contribution in [3.05, 3.63) is 29.3 Å².